The first-order chi connectivity index (χ1) is 12.3. The molecule has 140 valence electrons. The predicted octanol–water partition coefficient (Wildman–Crippen LogP) is 6.70. The second-order valence-electron chi connectivity index (χ2n) is 6.83. The van der Waals surface area contributed by atoms with Gasteiger partial charge in [-0.25, -0.2) is 0 Å². The van der Waals surface area contributed by atoms with E-state index in [0.717, 1.165) is 28.0 Å². The Morgan fingerprint density at radius 2 is 1.96 bits per heavy atom. The summed E-state index contributed by atoms with van der Waals surface area (Å²) in [6.45, 7) is 15.0. The zero-order valence-electron chi connectivity index (χ0n) is 16.6. The third-order valence-corrected chi connectivity index (χ3v) is 4.39. The SMILES string of the molecule is C=C(CCOc1cccc(C)c1)C(=N)/C(=C/C(C)=C(C)/C=C\S)C(C)C. The standard InChI is InChI=1S/C23H31NOS/c1-16(2)22(15-20(6)18(4)11-13-26)23(24)19(5)10-12-25-21-9-7-8-17(3)14-21/h7-9,11,13-16,24,26H,5,10,12H2,1-4,6H3/b13-11-,20-18+,22-15+,24-23?. The van der Waals surface area contributed by atoms with Crippen molar-refractivity contribution in [1.29, 1.82) is 5.41 Å². The van der Waals surface area contributed by atoms with Crippen LogP contribution in [0.15, 0.2) is 70.7 Å². The number of hydrogen-bond acceptors (Lipinski definition) is 3. The number of rotatable bonds is 9. The van der Waals surface area contributed by atoms with Crippen LogP contribution in [0.2, 0.25) is 0 Å². The van der Waals surface area contributed by atoms with Gasteiger partial charge in [0.2, 0.25) is 0 Å². The Balaban J connectivity index is 2.79. The summed E-state index contributed by atoms with van der Waals surface area (Å²) < 4.78 is 5.80. The lowest BCUT2D eigenvalue weighted by Gasteiger charge is -2.16. The van der Waals surface area contributed by atoms with E-state index < -0.39 is 0 Å². The average molecular weight is 370 g/mol. The molecule has 2 nitrogen and oxygen atoms in total. The molecule has 0 unspecified atom stereocenters. The predicted molar refractivity (Wildman–Crippen MR) is 118 cm³/mol. The lowest BCUT2D eigenvalue weighted by atomic mass is 9.90. The van der Waals surface area contributed by atoms with E-state index in [1.165, 1.54) is 5.56 Å². The molecule has 1 rings (SSSR count). The zero-order valence-corrected chi connectivity index (χ0v) is 17.5. The molecule has 0 bridgehead atoms. The first-order valence-corrected chi connectivity index (χ1v) is 9.44. The van der Waals surface area contributed by atoms with E-state index in [1.54, 1.807) is 5.41 Å². The van der Waals surface area contributed by atoms with Gasteiger partial charge in [-0.1, -0.05) is 44.7 Å². The van der Waals surface area contributed by atoms with Crippen molar-refractivity contribution in [3.05, 3.63) is 76.3 Å². The Morgan fingerprint density at radius 3 is 2.54 bits per heavy atom. The number of nitrogens with one attached hydrogen (secondary N) is 1. The molecule has 3 heteroatoms. The molecule has 0 heterocycles. The highest BCUT2D eigenvalue weighted by Gasteiger charge is 2.13. The summed E-state index contributed by atoms with van der Waals surface area (Å²) in [5, 5.41) is 10.3. The maximum atomic E-state index is 8.56. The number of benzene rings is 1. The summed E-state index contributed by atoms with van der Waals surface area (Å²) in [6, 6.07) is 7.99. The highest BCUT2D eigenvalue weighted by atomic mass is 32.1. The molecule has 0 radical (unpaired) electrons. The van der Waals surface area contributed by atoms with Gasteiger partial charge >= 0.3 is 0 Å². The minimum atomic E-state index is 0.250. The van der Waals surface area contributed by atoms with Gasteiger partial charge in [0.05, 0.1) is 12.3 Å². The summed E-state index contributed by atoms with van der Waals surface area (Å²) in [6.07, 6.45) is 4.68. The van der Waals surface area contributed by atoms with Crippen LogP contribution >= 0.6 is 12.6 Å². The second-order valence-corrected chi connectivity index (χ2v) is 7.13. The molecule has 1 aromatic rings. The van der Waals surface area contributed by atoms with Crippen LogP contribution in [0, 0.1) is 18.3 Å². The molecule has 0 spiro atoms. The van der Waals surface area contributed by atoms with E-state index in [2.05, 4.69) is 46.1 Å². The maximum absolute atomic E-state index is 8.56. The van der Waals surface area contributed by atoms with Crippen LogP contribution in [0.5, 0.6) is 5.75 Å². The number of allylic oxidation sites excluding steroid dienone is 5. The fraction of sp³-hybridized carbons (Fsp3) is 0.348. The molecule has 0 aliphatic carbocycles. The lowest BCUT2D eigenvalue weighted by molar-refractivity contribution is 0.323. The fourth-order valence-electron chi connectivity index (χ4n) is 2.44. The van der Waals surface area contributed by atoms with Crippen molar-refractivity contribution in [3.63, 3.8) is 0 Å². The van der Waals surface area contributed by atoms with Gasteiger partial charge in [-0.3, -0.25) is 0 Å². The fourth-order valence-corrected chi connectivity index (χ4v) is 2.67. The quantitative estimate of drug-likeness (QED) is 0.283. The normalized spacial score (nSPS) is 13.1. The molecule has 0 aliphatic rings. The van der Waals surface area contributed by atoms with Crippen LogP contribution < -0.4 is 4.74 Å². The second kappa shape index (κ2) is 10.9. The average Bonchev–Trinajstić information content (AvgIpc) is 2.58. The van der Waals surface area contributed by atoms with Crippen LogP contribution in [-0.4, -0.2) is 12.3 Å². The molecule has 0 amide bonds. The first-order valence-electron chi connectivity index (χ1n) is 8.92. The van der Waals surface area contributed by atoms with E-state index in [4.69, 9.17) is 10.1 Å². The van der Waals surface area contributed by atoms with E-state index >= 15 is 0 Å². The van der Waals surface area contributed by atoms with E-state index in [1.807, 2.05) is 44.2 Å². The summed E-state index contributed by atoms with van der Waals surface area (Å²) in [5.74, 6) is 1.11. The molecule has 1 aromatic carbocycles. The van der Waals surface area contributed by atoms with Crippen molar-refractivity contribution >= 4 is 18.3 Å². The zero-order chi connectivity index (χ0) is 19.7. The van der Waals surface area contributed by atoms with Gasteiger partial charge in [0.1, 0.15) is 5.75 Å². The molecule has 0 fully saturated rings. The smallest absolute Gasteiger partial charge is 0.119 e. The topological polar surface area (TPSA) is 33.1 Å². The van der Waals surface area contributed by atoms with E-state index in [9.17, 15) is 0 Å². The van der Waals surface area contributed by atoms with Crippen molar-refractivity contribution < 1.29 is 4.74 Å². The van der Waals surface area contributed by atoms with Gasteiger partial charge in [0, 0.05) is 6.42 Å². The van der Waals surface area contributed by atoms with Crippen LogP contribution in [0.3, 0.4) is 0 Å². The molecule has 0 saturated carbocycles. The van der Waals surface area contributed by atoms with Crippen molar-refractivity contribution in [2.24, 2.45) is 5.92 Å². The monoisotopic (exact) mass is 369 g/mol. The molecule has 0 atom stereocenters. The summed E-state index contributed by atoms with van der Waals surface area (Å²) in [7, 11) is 0. The lowest BCUT2D eigenvalue weighted by Crippen LogP contribution is -2.12. The van der Waals surface area contributed by atoms with Crippen LogP contribution in [0.1, 0.15) is 39.7 Å². The van der Waals surface area contributed by atoms with Crippen LogP contribution in [0.4, 0.5) is 0 Å². The van der Waals surface area contributed by atoms with Crippen molar-refractivity contribution in [2.75, 3.05) is 6.61 Å². The maximum Gasteiger partial charge on any atom is 0.119 e. The van der Waals surface area contributed by atoms with Crippen molar-refractivity contribution in [2.45, 2.75) is 41.0 Å². The van der Waals surface area contributed by atoms with Crippen LogP contribution in [-0.2, 0) is 0 Å². The Hall–Kier alpha value is -2.00. The first kappa shape index (κ1) is 22.0. The van der Waals surface area contributed by atoms with Crippen molar-refractivity contribution in [3.8, 4) is 5.75 Å². The van der Waals surface area contributed by atoms with Gasteiger partial charge in [-0.2, -0.15) is 12.6 Å². The summed E-state index contributed by atoms with van der Waals surface area (Å²) in [4.78, 5) is 0. The third-order valence-electron chi connectivity index (χ3n) is 4.24. The molecule has 1 N–H and O–H groups in total. The molecule has 26 heavy (non-hydrogen) atoms. The molecule has 0 saturated heterocycles. The number of hydrogen-bond donors (Lipinski definition) is 2. The summed E-state index contributed by atoms with van der Waals surface area (Å²) in [5.41, 5.74) is 5.75. The van der Waals surface area contributed by atoms with Crippen molar-refractivity contribution in [1.82, 2.24) is 0 Å². The van der Waals surface area contributed by atoms with E-state index in [0.29, 0.717) is 18.7 Å². The third kappa shape index (κ3) is 7.09. The number of ether oxygens (including phenoxy) is 1. The Labute approximate surface area is 164 Å². The van der Waals surface area contributed by atoms with Gasteiger partial charge in [0.15, 0.2) is 0 Å². The number of thiol groups is 1. The Morgan fingerprint density at radius 1 is 1.27 bits per heavy atom. The molecule has 0 aromatic heterocycles. The molecule has 0 aliphatic heterocycles. The van der Waals surface area contributed by atoms with Gasteiger partial charge in [-0.05, 0) is 72.1 Å². The molecular formula is C23H31NOS. The largest absolute Gasteiger partial charge is 0.493 e. The minimum Gasteiger partial charge on any atom is -0.493 e. The minimum absolute atomic E-state index is 0.250. The number of aryl methyl sites for hydroxylation is 1. The highest BCUT2D eigenvalue weighted by Crippen LogP contribution is 2.21. The van der Waals surface area contributed by atoms with Gasteiger partial charge < -0.3 is 10.1 Å². The van der Waals surface area contributed by atoms with Gasteiger partial charge in [-0.15, -0.1) is 0 Å². The Bertz CT molecular complexity index is 738. The highest BCUT2D eigenvalue weighted by molar-refractivity contribution is 7.83. The van der Waals surface area contributed by atoms with E-state index in [-0.39, 0.29) is 5.92 Å². The van der Waals surface area contributed by atoms with Crippen LogP contribution in [0.25, 0.3) is 0 Å². The van der Waals surface area contributed by atoms with Gasteiger partial charge in [0.25, 0.3) is 0 Å². The Kier molecular flexibility index (Phi) is 9.22. The molecular weight excluding hydrogens is 338 g/mol. The summed E-state index contributed by atoms with van der Waals surface area (Å²) >= 11 is 4.13.